The van der Waals surface area contributed by atoms with Crippen LogP contribution in [0.2, 0.25) is 0 Å². The number of hydrogen-bond acceptors (Lipinski definition) is 3. The van der Waals surface area contributed by atoms with Gasteiger partial charge in [0.2, 0.25) is 0 Å². The van der Waals surface area contributed by atoms with Gasteiger partial charge in [-0.3, -0.25) is 4.79 Å². The van der Waals surface area contributed by atoms with E-state index in [2.05, 4.69) is 0 Å². The van der Waals surface area contributed by atoms with Crippen molar-refractivity contribution in [2.45, 2.75) is 63.3 Å². The van der Waals surface area contributed by atoms with Gasteiger partial charge >= 0.3 is 5.97 Å². The molecule has 2 aliphatic carbocycles. The summed E-state index contributed by atoms with van der Waals surface area (Å²) in [6, 6.07) is 0. The highest BCUT2D eigenvalue weighted by Gasteiger charge is 2.43. The smallest absolute Gasteiger partial charge is 0.306 e. The average Bonchev–Trinajstić information content (AvgIpc) is 3.15. The molecule has 0 aromatic rings. The van der Waals surface area contributed by atoms with Gasteiger partial charge in [-0.2, -0.15) is 0 Å². The molecule has 3 fully saturated rings. The Morgan fingerprint density at radius 1 is 1.17 bits per heavy atom. The molecule has 1 N–H and O–H groups in total. The van der Waals surface area contributed by atoms with Crippen LogP contribution in [0.3, 0.4) is 0 Å². The second-order valence-corrected chi connectivity index (χ2v) is 6.05. The first-order chi connectivity index (χ1) is 8.72. The molecule has 5 unspecified atom stereocenters. The number of fused-ring (bicyclic) bond motifs is 1. The van der Waals surface area contributed by atoms with E-state index in [1.54, 1.807) is 0 Å². The van der Waals surface area contributed by atoms with Crippen molar-refractivity contribution in [3.05, 3.63) is 0 Å². The predicted molar refractivity (Wildman–Crippen MR) is 65.3 cm³/mol. The van der Waals surface area contributed by atoms with Crippen LogP contribution >= 0.6 is 0 Å². The van der Waals surface area contributed by atoms with Crippen LogP contribution in [0.15, 0.2) is 0 Å². The molecule has 0 amide bonds. The van der Waals surface area contributed by atoms with E-state index in [-0.39, 0.29) is 12.0 Å². The number of carboxylic acid groups (broad SMARTS) is 1. The molecule has 0 radical (unpaired) electrons. The van der Waals surface area contributed by atoms with Crippen molar-refractivity contribution in [2.24, 2.45) is 11.8 Å². The topological polar surface area (TPSA) is 59.1 Å². The SMILES string of the molecule is O=C(O)C1CCCC(OCC2CCC3OC3C2)C1. The third kappa shape index (κ3) is 2.86. The van der Waals surface area contributed by atoms with Gasteiger partial charge in [-0.1, -0.05) is 6.42 Å². The standard InChI is InChI=1S/C14H22O4/c15-14(16)10-2-1-3-11(7-10)17-8-9-4-5-12-13(6-9)18-12/h9-13H,1-8H2,(H,15,16). The van der Waals surface area contributed by atoms with Crippen LogP contribution in [0.25, 0.3) is 0 Å². The van der Waals surface area contributed by atoms with Crippen molar-refractivity contribution in [1.29, 1.82) is 0 Å². The molecule has 2 saturated carbocycles. The van der Waals surface area contributed by atoms with E-state index in [4.69, 9.17) is 14.6 Å². The molecular weight excluding hydrogens is 232 g/mol. The van der Waals surface area contributed by atoms with E-state index in [1.807, 2.05) is 0 Å². The fourth-order valence-electron chi connectivity index (χ4n) is 3.43. The van der Waals surface area contributed by atoms with Crippen molar-refractivity contribution in [3.63, 3.8) is 0 Å². The summed E-state index contributed by atoms with van der Waals surface area (Å²) in [6.45, 7) is 0.795. The van der Waals surface area contributed by atoms with E-state index in [9.17, 15) is 4.79 Å². The minimum absolute atomic E-state index is 0.165. The summed E-state index contributed by atoms with van der Waals surface area (Å²) in [5.74, 6) is -0.222. The highest BCUT2D eigenvalue weighted by molar-refractivity contribution is 5.70. The Kier molecular flexibility index (Phi) is 3.57. The summed E-state index contributed by atoms with van der Waals surface area (Å²) >= 11 is 0. The van der Waals surface area contributed by atoms with Crippen molar-refractivity contribution < 1.29 is 19.4 Å². The van der Waals surface area contributed by atoms with Gasteiger partial charge in [0.05, 0.1) is 24.2 Å². The lowest BCUT2D eigenvalue weighted by Gasteiger charge is -2.29. The molecule has 3 rings (SSSR count). The highest BCUT2D eigenvalue weighted by Crippen LogP contribution is 2.39. The van der Waals surface area contributed by atoms with Crippen LogP contribution in [0.4, 0.5) is 0 Å². The summed E-state index contributed by atoms with van der Waals surface area (Å²) in [5, 5.41) is 9.04. The van der Waals surface area contributed by atoms with E-state index in [0.717, 1.165) is 32.3 Å². The molecule has 4 nitrogen and oxygen atoms in total. The fourth-order valence-corrected chi connectivity index (χ4v) is 3.43. The van der Waals surface area contributed by atoms with Gasteiger partial charge in [0.1, 0.15) is 0 Å². The monoisotopic (exact) mass is 254 g/mol. The van der Waals surface area contributed by atoms with Crippen LogP contribution in [0, 0.1) is 11.8 Å². The summed E-state index contributed by atoms with van der Waals surface area (Å²) in [6.07, 6.45) is 8.27. The Balaban J connectivity index is 1.40. The highest BCUT2D eigenvalue weighted by atomic mass is 16.6. The van der Waals surface area contributed by atoms with Crippen molar-refractivity contribution in [3.8, 4) is 0 Å². The van der Waals surface area contributed by atoms with Crippen LogP contribution < -0.4 is 0 Å². The quantitative estimate of drug-likeness (QED) is 0.781. The molecule has 102 valence electrons. The maximum absolute atomic E-state index is 11.0. The fraction of sp³-hybridized carbons (Fsp3) is 0.929. The minimum Gasteiger partial charge on any atom is -0.481 e. The Morgan fingerprint density at radius 2 is 2.06 bits per heavy atom. The molecule has 5 atom stereocenters. The van der Waals surface area contributed by atoms with E-state index >= 15 is 0 Å². The van der Waals surface area contributed by atoms with Crippen LogP contribution in [-0.4, -0.2) is 36.0 Å². The number of carbonyl (C=O) groups is 1. The van der Waals surface area contributed by atoms with Gasteiger partial charge in [0, 0.05) is 6.61 Å². The first-order valence-corrected chi connectivity index (χ1v) is 7.22. The van der Waals surface area contributed by atoms with Crippen molar-refractivity contribution in [2.75, 3.05) is 6.61 Å². The van der Waals surface area contributed by atoms with Crippen molar-refractivity contribution >= 4 is 5.97 Å². The third-order valence-electron chi connectivity index (χ3n) is 4.66. The molecule has 4 heteroatoms. The molecule has 0 aromatic carbocycles. The number of rotatable bonds is 4. The molecule has 1 saturated heterocycles. The number of epoxide rings is 1. The maximum atomic E-state index is 11.0. The second-order valence-electron chi connectivity index (χ2n) is 6.05. The Morgan fingerprint density at radius 3 is 2.83 bits per heavy atom. The number of carboxylic acids is 1. The van der Waals surface area contributed by atoms with E-state index in [1.165, 1.54) is 12.8 Å². The first kappa shape index (κ1) is 12.4. The zero-order valence-corrected chi connectivity index (χ0v) is 10.7. The lowest BCUT2D eigenvalue weighted by Crippen LogP contribution is -2.29. The number of aliphatic carboxylic acids is 1. The Hall–Kier alpha value is -0.610. The number of ether oxygens (including phenoxy) is 2. The molecule has 0 spiro atoms. The van der Waals surface area contributed by atoms with Crippen molar-refractivity contribution in [1.82, 2.24) is 0 Å². The number of hydrogen-bond donors (Lipinski definition) is 1. The summed E-state index contributed by atoms with van der Waals surface area (Å²) in [4.78, 5) is 11.0. The summed E-state index contributed by atoms with van der Waals surface area (Å²) in [7, 11) is 0. The van der Waals surface area contributed by atoms with Gasteiger partial charge in [-0.15, -0.1) is 0 Å². The minimum atomic E-state index is -0.657. The normalized spacial score (nSPS) is 43.2. The molecular formula is C14H22O4. The van der Waals surface area contributed by atoms with E-state index < -0.39 is 5.97 Å². The second kappa shape index (κ2) is 5.17. The van der Waals surface area contributed by atoms with Crippen LogP contribution in [-0.2, 0) is 14.3 Å². The predicted octanol–water partition coefficient (Wildman–Crippen LogP) is 2.21. The van der Waals surface area contributed by atoms with Crippen LogP contribution in [0.1, 0.15) is 44.9 Å². The lowest BCUT2D eigenvalue weighted by atomic mass is 9.86. The maximum Gasteiger partial charge on any atom is 0.306 e. The molecule has 3 aliphatic rings. The largest absolute Gasteiger partial charge is 0.481 e. The summed E-state index contributed by atoms with van der Waals surface area (Å²) < 4.78 is 11.5. The van der Waals surface area contributed by atoms with Gasteiger partial charge in [0.25, 0.3) is 0 Å². The molecule has 0 aromatic heterocycles. The van der Waals surface area contributed by atoms with E-state index in [0.29, 0.717) is 24.5 Å². The molecule has 18 heavy (non-hydrogen) atoms. The third-order valence-corrected chi connectivity index (χ3v) is 4.66. The lowest BCUT2D eigenvalue weighted by molar-refractivity contribution is -0.145. The average molecular weight is 254 g/mol. The Bertz CT molecular complexity index is 317. The Labute approximate surface area is 108 Å². The first-order valence-electron chi connectivity index (χ1n) is 7.22. The summed E-state index contributed by atoms with van der Waals surface area (Å²) in [5.41, 5.74) is 0. The zero-order valence-electron chi connectivity index (χ0n) is 10.7. The van der Waals surface area contributed by atoms with Gasteiger partial charge in [-0.05, 0) is 44.4 Å². The van der Waals surface area contributed by atoms with Gasteiger partial charge in [-0.25, -0.2) is 0 Å². The van der Waals surface area contributed by atoms with Gasteiger partial charge < -0.3 is 14.6 Å². The van der Waals surface area contributed by atoms with Gasteiger partial charge in [0.15, 0.2) is 0 Å². The molecule has 1 aliphatic heterocycles. The zero-order chi connectivity index (χ0) is 12.5. The molecule has 1 heterocycles. The van der Waals surface area contributed by atoms with Crippen LogP contribution in [0.5, 0.6) is 0 Å². The molecule has 0 bridgehead atoms.